The first-order valence-electron chi connectivity index (χ1n) is 2.54. The summed E-state index contributed by atoms with van der Waals surface area (Å²) < 4.78 is 23.1. The fraction of sp³-hybridized carbons (Fsp3) is 0. The van der Waals surface area contributed by atoms with Gasteiger partial charge in [-0.25, -0.2) is 4.39 Å². The molecule has 0 heterocycles. The van der Waals surface area contributed by atoms with Gasteiger partial charge in [-0.1, -0.05) is 12.1 Å². The zero-order valence-electron chi connectivity index (χ0n) is 4.88. The van der Waals surface area contributed by atoms with Crippen LogP contribution in [-0.2, 0) is 10.4 Å². The Hall–Kier alpha value is -0.250. The first-order chi connectivity index (χ1) is 4.72. The van der Waals surface area contributed by atoms with Gasteiger partial charge >= 0.3 is 0 Å². The monoisotopic (exact) mass is 178 g/mol. The molecule has 1 rings (SSSR count). The molecule has 0 fully saturated rings. The Balaban J connectivity index is 3.03. The van der Waals surface area contributed by atoms with E-state index >= 15 is 0 Å². The second-order valence-electron chi connectivity index (χ2n) is 1.65. The van der Waals surface area contributed by atoms with Gasteiger partial charge in [-0.3, -0.25) is 0 Å². The minimum Gasteiger partial charge on any atom is -0.594 e. The van der Waals surface area contributed by atoms with Crippen LogP contribution in [0.5, 0.6) is 0 Å². The topological polar surface area (TPSA) is 23.1 Å². The zero-order valence-corrected chi connectivity index (χ0v) is 6.45. The molecule has 0 saturated carbocycles. The Bertz CT molecular complexity index is 229. The molecule has 1 unspecified atom stereocenters. The number of rotatable bonds is 1. The lowest BCUT2D eigenvalue weighted by Gasteiger charge is -1.98. The number of halogens is 2. The van der Waals surface area contributed by atoms with Crippen LogP contribution in [0, 0.1) is 5.82 Å². The molecule has 0 aliphatic heterocycles. The van der Waals surface area contributed by atoms with Crippen LogP contribution in [0.3, 0.4) is 0 Å². The molecule has 0 amide bonds. The molecule has 0 aromatic heterocycles. The average Bonchev–Trinajstić information content (AvgIpc) is 1.88. The molecule has 0 radical (unpaired) electrons. The van der Waals surface area contributed by atoms with Crippen molar-refractivity contribution in [2.24, 2.45) is 0 Å². The highest BCUT2D eigenvalue weighted by Gasteiger charge is 2.12. The van der Waals surface area contributed by atoms with Gasteiger partial charge in [0.15, 0.2) is 16.5 Å². The molecule has 1 atom stereocenters. The van der Waals surface area contributed by atoms with Gasteiger partial charge in [0.25, 0.3) is 0 Å². The molecule has 0 saturated heterocycles. The fourth-order valence-electron chi connectivity index (χ4n) is 0.575. The second-order valence-corrected chi connectivity index (χ2v) is 3.38. The lowest BCUT2D eigenvalue weighted by atomic mass is 10.4. The molecular weight excluding hydrogens is 175 g/mol. The highest BCUT2D eigenvalue weighted by atomic mass is 35.7. The number of hydrogen-bond acceptors (Lipinski definition) is 1. The molecule has 1 aromatic rings. The molecule has 1 nitrogen and oxygen atoms in total. The van der Waals surface area contributed by atoms with E-state index in [1.165, 1.54) is 18.2 Å². The average molecular weight is 179 g/mol. The van der Waals surface area contributed by atoms with E-state index in [1.807, 2.05) is 0 Å². The van der Waals surface area contributed by atoms with Crippen molar-refractivity contribution >= 4 is 21.1 Å². The van der Waals surface area contributed by atoms with Crippen molar-refractivity contribution in [1.82, 2.24) is 0 Å². The van der Waals surface area contributed by atoms with Crippen molar-refractivity contribution < 1.29 is 8.94 Å². The summed E-state index contributed by atoms with van der Waals surface area (Å²) in [5, 5.41) is 0. The van der Waals surface area contributed by atoms with Crippen molar-refractivity contribution in [1.29, 1.82) is 0 Å². The van der Waals surface area contributed by atoms with Crippen LogP contribution >= 0.6 is 10.7 Å². The highest BCUT2D eigenvalue weighted by molar-refractivity contribution is 8.13. The Labute approximate surface area is 65.5 Å². The van der Waals surface area contributed by atoms with Crippen molar-refractivity contribution in [2.45, 2.75) is 4.90 Å². The van der Waals surface area contributed by atoms with Gasteiger partial charge in [0.2, 0.25) is 4.90 Å². The zero-order chi connectivity index (χ0) is 7.56. The minimum absolute atomic E-state index is 0.0316. The lowest BCUT2D eigenvalue weighted by molar-refractivity contribution is 0.575. The SMILES string of the molecule is [O-][S+](Cl)c1ccccc1F. The Morgan fingerprint density at radius 1 is 1.40 bits per heavy atom. The predicted molar refractivity (Wildman–Crippen MR) is 38.7 cm³/mol. The third-order valence-corrected chi connectivity index (χ3v) is 2.19. The van der Waals surface area contributed by atoms with Crippen LogP contribution in [0.2, 0.25) is 0 Å². The van der Waals surface area contributed by atoms with Gasteiger partial charge in [0, 0.05) is 0 Å². The third-order valence-electron chi connectivity index (χ3n) is 1.01. The van der Waals surface area contributed by atoms with E-state index in [0.717, 1.165) is 0 Å². The Morgan fingerprint density at radius 2 is 2.00 bits per heavy atom. The molecular formula is C6H4ClFOS. The summed E-state index contributed by atoms with van der Waals surface area (Å²) in [6.07, 6.45) is 0. The normalized spacial score (nSPS) is 13.1. The molecule has 0 bridgehead atoms. The van der Waals surface area contributed by atoms with Crippen LogP contribution in [-0.4, -0.2) is 4.55 Å². The summed E-state index contributed by atoms with van der Waals surface area (Å²) in [5.74, 6) is -0.532. The molecule has 0 aliphatic rings. The Morgan fingerprint density at radius 3 is 2.40 bits per heavy atom. The van der Waals surface area contributed by atoms with Gasteiger partial charge in [0.1, 0.15) is 10.4 Å². The van der Waals surface area contributed by atoms with Crippen LogP contribution in [0.15, 0.2) is 29.2 Å². The molecule has 0 N–H and O–H groups in total. The largest absolute Gasteiger partial charge is 0.594 e. The highest BCUT2D eigenvalue weighted by Crippen LogP contribution is 2.17. The maximum Gasteiger partial charge on any atom is 0.208 e. The predicted octanol–water partition coefficient (Wildman–Crippen LogP) is 2.09. The molecule has 54 valence electrons. The Kier molecular flexibility index (Phi) is 2.54. The maximum absolute atomic E-state index is 12.6. The van der Waals surface area contributed by atoms with Gasteiger partial charge in [-0.15, -0.1) is 0 Å². The maximum atomic E-state index is 12.6. The molecule has 4 heteroatoms. The summed E-state index contributed by atoms with van der Waals surface area (Å²) in [5.41, 5.74) is 0. The first-order valence-corrected chi connectivity index (χ1v) is 4.52. The van der Waals surface area contributed by atoms with E-state index in [-0.39, 0.29) is 4.90 Å². The van der Waals surface area contributed by atoms with E-state index in [1.54, 1.807) is 6.07 Å². The fourth-order valence-corrected chi connectivity index (χ4v) is 1.36. The quantitative estimate of drug-likeness (QED) is 0.604. The van der Waals surface area contributed by atoms with E-state index in [2.05, 4.69) is 0 Å². The van der Waals surface area contributed by atoms with Crippen molar-refractivity contribution in [3.63, 3.8) is 0 Å². The van der Waals surface area contributed by atoms with Crippen molar-refractivity contribution in [3.05, 3.63) is 30.1 Å². The van der Waals surface area contributed by atoms with Gasteiger partial charge < -0.3 is 4.55 Å². The molecule has 0 spiro atoms. The summed E-state index contributed by atoms with van der Waals surface area (Å²) in [6, 6.07) is 5.70. The molecule has 1 aromatic carbocycles. The summed E-state index contributed by atoms with van der Waals surface area (Å²) in [4.78, 5) is 0.0316. The van der Waals surface area contributed by atoms with Crippen LogP contribution in [0.4, 0.5) is 4.39 Å². The van der Waals surface area contributed by atoms with Crippen molar-refractivity contribution in [2.75, 3.05) is 0 Å². The van der Waals surface area contributed by atoms with E-state index in [9.17, 15) is 8.94 Å². The van der Waals surface area contributed by atoms with E-state index in [0.29, 0.717) is 0 Å². The molecule has 10 heavy (non-hydrogen) atoms. The van der Waals surface area contributed by atoms with Crippen LogP contribution < -0.4 is 0 Å². The smallest absolute Gasteiger partial charge is 0.208 e. The first kappa shape index (κ1) is 7.85. The van der Waals surface area contributed by atoms with Gasteiger partial charge in [-0.05, 0) is 12.1 Å². The van der Waals surface area contributed by atoms with Gasteiger partial charge in [-0.2, -0.15) is 0 Å². The summed E-state index contributed by atoms with van der Waals surface area (Å²) in [7, 11) is 3.40. The number of benzene rings is 1. The third kappa shape index (κ3) is 1.62. The van der Waals surface area contributed by atoms with Crippen molar-refractivity contribution in [3.8, 4) is 0 Å². The van der Waals surface area contributed by atoms with Gasteiger partial charge in [0.05, 0.1) is 0 Å². The summed E-state index contributed by atoms with van der Waals surface area (Å²) >= 11 is 0. The summed E-state index contributed by atoms with van der Waals surface area (Å²) in [6.45, 7) is 0. The standard InChI is InChI=1S/C6H4ClFOS/c7-10(9)6-4-2-1-3-5(6)8/h1-4H. The van der Waals surface area contributed by atoms with Crippen LogP contribution in [0.1, 0.15) is 0 Å². The molecule has 0 aliphatic carbocycles. The van der Waals surface area contributed by atoms with E-state index in [4.69, 9.17) is 10.7 Å². The minimum atomic E-state index is -1.74. The van der Waals surface area contributed by atoms with Crippen LogP contribution in [0.25, 0.3) is 0 Å². The lowest BCUT2D eigenvalue weighted by Crippen LogP contribution is -1.93. The van der Waals surface area contributed by atoms with E-state index < -0.39 is 16.2 Å². The second kappa shape index (κ2) is 3.23. The number of hydrogen-bond donors (Lipinski definition) is 0.